The molecule has 1 heterocycles. The highest BCUT2D eigenvalue weighted by Crippen LogP contribution is 2.30. The molecule has 0 saturated carbocycles. The largest absolute Gasteiger partial charge is 0.486 e. The summed E-state index contributed by atoms with van der Waals surface area (Å²) in [5.74, 6) is 2.03. The van der Waals surface area contributed by atoms with Gasteiger partial charge in [-0.05, 0) is 44.0 Å². The van der Waals surface area contributed by atoms with Gasteiger partial charge in [0.15, 0.2) is 18.1 Å². The van der Waals surface area contributed by atoms with E-state index in [-0.39, 0.29) is 18.6 Å². The third-order valence-corrected chi connectivity index (χ3v) is 4.05. The Morgan fingerprint density at radius 2 is 1.84 bits per heavy atom. The van der Waals surface area contributed by atoms with Crippen LogP contribution in [0, 0.1) is 20.8 Å². The van der Waals surface area contributed by atoms with Crippen LogP contribution >= 0.6 is 0 Å². The van der Waals surface area contributed by atoms with Crippen LogP contribution in [0.25, 0.3) is 0 Å². The second kappa shape index (κ2) is 7.47. The predicted molar refractivity (Wildman–Crippen MR) is 95.5 cm³/mol. The molecule has 0 aromatic heterocycles. The number of amides is 1. The Hall–Kier alpha value is -2.69. The summed E-state index contributed by atoms with van der Waals surface area (Å²) in [7, 11) is 0. The Balaban J connectivity index is 1.48. The molecule has 1 N–H and O–H groups in total. The van der Waals surface area contributed by atoms with Gasteiger partial charge in [0, 0.05) is 0 Å². The maximum absolute atomic E-state index is 12.1. The van der Waals surface area contributed by atoms with E-state index in [4.69, 9.17) is 14.2 Å². The average molecular weight is 341 g/mol. The number of fused-ring (bicyclic) bond motifs is 1. The van der Waals surface area contributed by atoms with Crippen LogP contribution in [-0.4, -0.2) is 31.8 Å². The SMILES string of the molecule is Cc1cc(C)c(OCC(=O)NC[C@H]2COc3ccccc3O2)c(C)c1. The van der Waals surface area contributed by atoms with Crippen LogP contribution < -0.4 is 19.5 Å². The summed E-state index contributed by atoms with van der Waals surface area (Å²) in [5.41, 5.74) is 3.25. The Morgan fingerprint density at radius 1 is 1.16 bits per heavy atom. The van der Waals surface area contributed by atoms with Crippen molar-refractivity contribution >= 4 is 5.91 Å². The van der Waals surface area contributed by atoms with Gasteiger partial charge >= 0.3 is 0 Å². The maximum Gasteiger partial charge on any atom is 0.258 e. The fourth-order valence-corrected chi connectivity index (χ4v) is 2.97. The summed E-state index contributed by atoms with van der Waals surface area (Å²) in [6.45, 7) is 6.78. The van der Waals surface area contributed by atoms with Crippen LogP contribution in [0.1, 0.15) is 16.7 Å². The molecule has 0 aliphatic carbocycles. The molecule has 2 aromatic rings. The number of rotatable bonds is 5. The van der Waals surface area contributed by atoms with E-state index in [2.05, 4.69) is 5.32 Å². The summed E-state index contributed by atoms with van der Waals surface area (Å²) in [5, 5.41) is 2.83. The summed E-state index contributed by atoms with van der Waals surface area (Å²) in [6, 6.07) is 11.6. The van der Waals surface area contributed by atoms with E-state index in [1.54, 1.807) is 0 Å². The molecule has 3 rings (SSSR count). The Morgan fingerprint density at radius 3 is 2.56 bits per heavy atom. The second-order valence-electron chi connectivity index (χ2n) is 6.32. The van der Waals surface area contributed by atoms with E-state index in [1.807, 2.05) is 57.2 Å². The van der Waals surface area contributed by atoms with Gasteiger partial charge in [-0.15, -0.1) is 0 Å². The van der Waals surface area contributed by atoms with E-state index >= 15 is 0 Å². The van der Waals surface area contributed by atoms with Gasteiger partial charge in [0.1, 0.15) is 18.5 Å². The first-order valence-electron chi connectivity index (χ1n) is 8.39. The molecule has 5 heteroatoms. The molecule has 0 fully saturated rings. The van der Waals surface area contributed by atoms with E-state index in [0.717, 1.165) is 22.6 Å². The molecule has 132 valence electrons. The smallest absolute Gasteiger partial charge is 0.258 e. The van der Waals surface area contributed by atoms with Gasteiger partial charge in [-0.1, -0.05) is 29.8 Å². The molecule has 1 aliphatic rings. The van der Waals surface area contributed by atoms with Crippen LogP contribution in [0.5, 0.6) is 17.2 Å². The topological polar surface area (TPSA) is 56.8 Å². The third kappa shape index (κ3) is 4.24. The van der Waals surface area contributed by atoms with Crippen molar-refractivity contribution < 1.29 is 19.0 Å². The van der Waals surface area contributed by atoms with Gasteiger partial charge in [-0.3, -0.25) is 4.79 Å². The van der Waals surface area contributed by atoms with E-state index in [1.165, 1.54) is 5.56 Å². The zero-order chi connectivity index (χ0) is 17.8. The summed E-state index contributed by atoms with van der Waals surface area (Å²) >= 11 is 0. The van der Waals surface area contributed by atoms with Crippen LogP contribution in [0.2, 0.25) is 0 Å². The monoisotopic (exact) mass is 341 g/mol. The number of aryl methyl sites for hydroxylation is 3. The molecule has 2 aromatic carbocycles. The van der Waals surface area contributed by atoms with E-state index in [9.17, 15) is 4.79 Å². The van der Waals surface area contributed by atoms with E-state index < -0.39 is 0 Å². The number of hydrogen-bond donors (Lipinski definition) is 1. The summed E-state index contributed by atoms with van der Waals surface area (Å²) in [4.78, 5) is 12.1. The molecule has 1 atom stereocenters. The molecule has 25 heavy (non-hydrogen) atoms. The number of carbonyl (C=O) groups excluding carboxylic acids is 1. The lowest BCUT2D eigenvalue weighted by Crippen LogP contribution is -2.42. The lowest BCUT2D eigenvalue weighted by molar-refractivity contribution is -0.123. The van der Waals surface area contributed by atoms with Crippen LogP contribution in [0.3, 0.4) is 0 Å². The van der Waals surface area contributed by atoms with Crippen molar-refractivity contribution in [2.24, 2.45) is 0 Å². The first-order chi connectivity index (χ1) is 12.0. The van der Waals surface area contributed by atoms with Gasteiger partial charge in [-0.25, -0.2) is 0 Å². The normalized spacial score (nSPS) is 15.6. The first kappa shape index (κ1) is 17.1. The average Bonchev–Trinajstić information content (AvgIpc) is 2.59. The molecular weight excluding hydrogens is 318 g/mol. The molecule has 5 nitrogen and oxygen atoms in total. The van der Waals surface area contributed by atoms with Crippen molar-refractivity contribution in [2.45, 2.75) is 26.9 Å². The van der Waals surface area contributed by atoms with Crippen molar-refractivity contribution in [1.82, 2.24) is 5.32 Å². The highest BCUT2D eigenvalue weighted by Gasteiger charge is 2.21. The van der Waals surface area contributed by atoms with Crippen molar-refractivity contribution in [3.63, 3.8) is 0 Å². The van der Waals surface area contributed by atoms with Crippen LogP contribution in [-0.2, 0) is 4.79 Å². The predicted octanol–water partition coefficient (Wildman–Crippen LogP) is 2.95. The van der Waals surface area contributed by atoms with Crippen molar-refractivity contribution in [1.29, 1.82) is 0 Å². The Labute approximate surface area is 147 Å². The number of nitrogens with one attached hydrogen (secondary N) is 1. The number of para-hydroxylation sites is 2. The molecule has 1 amide bonds. The summed E-state index contributed by atoms with van der Waals surface area (Å²) in [6.07, 6.45) is -0.207. The lowest BCUT2D eigenvalue weighted by Gasteiger charge is -2.26. The molecule has 1 aliphatic heterocycles. The number of ether oxygens (including phenoxy) is 3. The van der Waals surface area contributed by atoms with Crippen molar-refractivity contribution in [3.8, 4) is 17.2 Å². The van der Waals surface area contributed by atoms with Gasteiger partial charge in [0.05, 0.1) is 6.54 Å². The zero-order valence-corrected chi connectivity index (χ0v) is 14.8. The maximum atomic E-state index is 12.1. The van der Waals surface area contributed by atoms with Gasteiger partial charge < -0.3 is 19.5 Å². The molecule has 0 radical (unpaired) electrons. The fraction of sp³-hybridized carbons (Fsp3) is 0.350. The second-order valence-corrected chi connectivity index (χ2v) is 6.32. The molecule has 0 saturated heterocycles. The summed E-state index contributed by atoms with van der Waals surface area (Å²) < 4.78 is 17.1. The lowest BCUT2D eigenvalue weighted by atomic mass is 10.1. The molecule has 0 spiro atoms. The quantitative estimate of drug-likeness (QED) is 0.908. The minimum atomic E-state index is -0.207. The third-order valence-electron chi connectivity index (χ3n) is 4.05. The Bertz CT molecular complexity index is 749. The molecular formula is C20H23NO4. The standard InChI is InChI=1S/C20H23NO4/c1-13-8-14(2)20(15(3)9-13)24-12-19(22)21-10-16-11-23-17-6-4-5-7-18(17)25-16/h4-9,16H,10-12H2,1-3H3,(H,21,22)/t16-/m0/s1. The van der Waals surface area contributed by atoms with Crippen LogP contribution in [0.15, 0.2) is 36.4 Å². The van der Waals surface area contributed by atoms with E-state index in [0.29, 0.717) is 18.9 Å². The first-order valence-corrected chi connectivity index (χ1v) is 8.39. The minimum Gasteiger partial charge on any atom is -0.486 e. The zero-order valence-electron chi connectivity index (χ0n) is 14.8. The fourth-order valence-electron chi connectivity index (χ4n) is 2.97. The highest BCUT2D eigenvalue weighted by atomic mass is 16.6. The Kier molecular flexibility index (Phi) is 5.12. The molecule has 0 unspecified atom stereocenters. The van der Waals surface area contributed by atoms with Crippen LogP contribution in [0.4, 0.5) is 0 Å². The van der Waals surface area contributed by atoms with Crippen molar-refractivity contribution in [3.05, 3.63) is 53.1 Å². The number of hydrogen-bond acceptors (Lipinski definition) is 4. The molecule has 0 bridgehead atoms. The number of carbonyl (C=O) groups is 1. The van der Waals surface area contributed by atoms with Gasteiger partial charge in [0.2, 0.25) is 0 Å². The van der Waals surface area contributed by atoms with Crippen molar-refractivity contribution in [2.75, 3.05) is 19.8 Å². The van der Waals surface area contributed by atoms with Gasteiger partial charge in [-0.2, -0.15) is 0 Å². The van der Waals surface area contributed by atoms with Gasteiger partial charge in [0.25, 0.3) is 5.91 Å². The highest BCUT2D eigenvalue weighted by molar-refractivity contribution is 5.77. The number of benzene rings is 2. The minimum absolute atomic E-state index is 0.0189.